The summed E-state index contributed by atoms with van der Waals surface area (Å²) in [6.45, 7) is 2.30. The van der Waals surface area contributed by atoms with E-state index in [1.54, 1.807) is 12.4 Å². The number of aliphatic hydroxyl groups excluding tert-OH is 1. The highest BCUT2D eigenvalue weighted by Gasteiger charge is 2.42. The highest BCUT2D eigenvalue weighted by atomic mass is 16.3. The van der Waals surface area contributed by atoms with Gasteiger partial charge < -0.3 is 10.0 Å². The molecule has 3 atom stereocenters. The molecule has 0 bridgehead atoms. The maximum atomic E-state index is 10.8. The van der Waals surface area contributed by atoms with Crippen LogP contribution in [-0.4, -0.2) is 40.7 Å². The van der Waals surface area contributed by atoms with E-state index in [-0.39, 0.29) is 11.6 Å². The zero-order valence-electron chi connectivity index (χ0n) is 12.3. The molecule has 1 aliphatic rings. The third kappa shape index (κ3) is 3.15. The van der Waals surface area contributed by atoms with Crippen LogP contribution in [0.4, 0.5) is 0 Å². The van der Waals surface area contributed by atoms with E-state index in [0.717, 1.165) is 12.8 Å². The van der Waals surface area contributed by atoms with Crippen LogP contribution in [0.5, 0.6) is 0 Å². The fraction of sp³-hybridized carbons (Fsp3) is 0.688. The van der Waals surface area contributed by atoms with E-state index in [9.17, 15) is 5.11 Å². The summed E-state index contributed by atoms with van der Waals surface area (Å²) in [5, 5.41) is 10.8. The minimum atomic E-state index is -0.312. The quantitative estimate of drug-likeness (QED) is 0.905. The Morgan fingerprint density at radius 3 is 2.68 bits per heavy atom. The first-order valence-electron chi connectivity index (χ1n) is 7.29. The van der Waals surface area contributed by atoms with E-state index in [1.807, 2.05) is 12.1 Å². The maximum absolute atomic E-state index is 10.8. The van der Waals surface area contributed by atoms with Gasteiger partial charge in [-0.05, 0) is 50.6 Å². The van der Waals surface area contributed by atoms with Crippen molar-refractivity contribution in [2.75, 3.05) is 14.1 Å². The maximum Gasteiger partial charge on any atom is 0.0763 e. The van der Waals surface area contributed by atoms with E-state index in [4.69, 9.17) is 0 Å². The standard InChI is InChI=1S/C16H26N2O/c1-13-5-4-8-16(12-13,18(2)3)15(19)11-14-6-9-17-10-7-14/h6-7,9-10,13,15,19H,4-5,8,11-12H2,1-3H3. The lowest BCUT2D eigenvalue weighted by Crippen LogP contribution is -2.56. The van der Waals surface area contributed by atoms with Gasteiger partial charge in [0.1, 0.15) is 0 Å². The van der Waals surface area contributed by atoms with Crippen LogP contribution < -0.4 is 0 Å². The zero-order chi connectivity index (χ0) is 13.9. The second-order valence-corrected chi connectivity index (χ2v) is 6.27. The Balaban J connectivity index is 2.14. The average molecular weight is 262 g/mol. The molecule has 0 aliphatic heterocycles. The molecule has 1 heterocycles. The van der Waals surface area contributed by atoms with Gasteiger partial charge in [-0.1, -0.05) is 19.8 Å². The number of aliphatic hydroxyl groups is 1. The molecule has 1 saturated carbocycles. The molecular weight excluding hydrogens is 236 g/mol. The van der Waals surface area contributed by atoms with Crippen molar-refractivity contribution in [1.29, 1.82) is 0 Å². The average Bonchev–Trinajstić information content (AvgIpc) is 2.39. The van der Waals surface area contributed by atoms with Crippen LogP contribution in [0, 0.1) is 5.92 Å². The third-order valence-electron chi connectivity index (χ3n) is 4.70. The molecular formula is C16H26N2O. The molecule has 0 spiro atoms. The Morgan fingerprint density at radius 2 is 2.11 bits per heavy atom. The van der Waals surface area contributed by atoms with Gasteiger partial charge in [0.25, 0.3) is 0 Å². The SMILES string of the molecule is CC1CCCC(C(O)Cc2ccncc2)(N(C)C)C1. The van der Waals surface area contributed by atoms with Gasteiger partial charge in [0, 0.05) is 24.4 Å². The van der Waals surface area contributed by atoms with Crippen LogP contribution >= 0.6 is 0 Å². The molecule has 1 aliphatic carbocycles. The van der Waals surface area contributed by atoms with Gasteiger partial charge in [-0.15, -0.1) is 0 Å². The molecule has 3 heteroatoms. The van der Waals surface area contributed by atoms with Crippen LogP contribution in [0.15, 0.2) is 24.5 Å². The number of rotatable bonds is 4. The molecule has 1 N–H and O–H groups in total. The smallest absolute Gasteiger partial charge is 0.0763 e. The van der Waals surface area contributed by atoms with E-state index in [1.165, 1.54) is 18.4 Å². The van der Waals surface area contributed by atoms with Crippen LogP contribution in [0.2, 0.25) is 0 Å². The number of hydrogen-bond donors (Lipinski definition) is 1. The fourth-order valence-electron chi connectivity index (χ4n) is 3.50. The van der Waals surface area contributed by atoms with Gasteiger partial charge in [-0.2, -0.15) is 0 Å². The van der Waals surface area contributed by atoms with Crippen molar-refractivity contribution in [1.82, 2.24) is 9.88 Å². The van der Waals surface area contributed by atoms with Crippen LogP contribution in [-0.2, 0) is 6.42 Å². The summed E-state index contributed by atoms with van der Waals surface area (Å²) in [4.78, 5) is 6.28. The van der Waals surface area contributed by atoms with Crippen molar-refractivity contribution in [2.45, 2.75) is 50.7 Å². The Morgan fingerprint density at radius 1 is 1.42 bits per heavy atom. The molecule has 1 fully saturated rings. The van der Waals surface area contributed by atoms with Crippen molar-refractivity contribution < 1.29 is 5.11 Å². The van der Waals surface area contributed by atoms with Crippen LogP contribution in [0.3, 0.4) is 0 Å². The number of hydrogen-bond acceptors (Lipinski definition) is 3. The highest BCUT2D eigenvalue weighted by molar-refractivity contribution is 5.13. The van der Waals surface area contributed by atoms with E-state index >= 15 is 0 Å². The molecule has 1 aromatic heterocycles. The molecule has 0 radical (unpaired) electrons. The first-order valence-corrected chi connectivity index (χ1v) is 7.29. The van der Waals surface area contributed by atoms with E-state index in [0.29, 0.717) is 12.3 Å². The monoisotopic (exact) mass is 262 g/mol. The molecule has 3 nitrogen and oxygen atoms in total. The molecule has 0 amide bonds. The zero-order valence-corrected chi connectivity index (χ0v) is 12.3. The Bertz CT molecular complexity index is 393. The number of nitrogens with zero attached hydrogens (tertiary/aromatic N) is 2. The van der Waals surface area contributed by atoms with Crippen molar-refractivity contribution in [3.8, 4) is 0 Å². The largest absolute Gasteiger partial charge is 0.391 e. The summed E-state index contributed by atoms with van der Waals surface area (Å²) in [5.41, 5.74) is 1.10. The predicted octanol–water partition coefficient (Wildman–Crippen LogP) is 2.50. The summed E-state index contributed by atoms with van der Waals surface area (Å²) < 4.78 is 0. The Kier molecular flexibility index (Phi) is 4.58. The van der Waals surface area contributed by atoms with E-state index < -0.39 is 0 Å². The third-order valence-corrected chi connectivity index (χ3v) is 4.70. The van der Waals surface area contributed by atoms with Crippen molar-refractivity contribution in [3.63, 3.8) is 0 Å². The summed E-state index contributed by atoms with van der Waals surface area (Å²) in [5.74, 6) is 0.697. The predicted molar refractivity (Wildman–Crippen MR) is 78.0 cm³/mol. The molecule has 1 aromatic rings. The first kappa shape index (κ1) is 14.5. The molecule has 3 unspecified atom stereocenters. The number of aromatic nitrogens is 1. The number of likely N-dealkylation sites (N-methyl/N-ethyl adjacent to an activating group) is 1. The molecule has 0 aromatic carbocycles. The minimum Gasteiger partial charge on any atom is -0.391 e. The Labute approximate surface area is 116 Å². The fourth-order valence-corrected chi connectivity index (χ4v) is 3.50. The van der Waals surface area contributed by atoms with Crippen molar-refractivity contribution >= 4 is 0 Å². The second-order valence-electron chi connectivity index (χ2n) is 6.27. The van der Waals surface area contributed by atoms with Gasteiger partial charge >= 0.3 is 0 Å². The van der Waals surface area contributed by atoms with Crippen molar-refractivity contribution in [2.24, 2.45) is 5.92 Å². The summed E-state index contributed by atoms with van der Waals surface area (Å²) in [6.07, 6.45) is 8.69. The van der Waals surface area contributed by atoms with Gasteiger partial charge in [-0.25, -0.2) is 0 Å². The minimum absolute atomic E-state index is 0.0685. The van der Waals surface area contributed by atoms with Crippen LogP contribution in [0.25, 0.3) is 0 Å². The summed E-state index contributed by atoms with van der Waals surface area (Å²) in [7, 11) is 4.21. The summed E-state index contributed by atoms with van der Waals surface area (Å²) >= 11 is 0. The van der Waals surface area contributed by atoms with Gasteiger partial charge in [0.2, 0.25) is 0 Å². The molecule has 0 saturated heterocycles. The van der Waals surface area contributed by atoms with Gasteiger partial charge in [-0.3, -0.25) is 4.98 Å². The van der Waals surface area contributed by atoms with Crippen molar-refractivity contribution in [3.05, 3.63) is 30.1 Å². The molecule has 106 valence electrons. The molecule has 2 rings (SSSR count). The lowest BCUT2D eigenvalue weighted by Gasteiger charge is -2.48. The second kappa shape index (κ2) is 6.02. The normalized spacial score (nSPS) is 29.4. The first-order chi connectivity index (χ1) is 9.04. The van der Waals surface area contributed by atoms with Gasteiger partial charge in [0.15, 0.2) is 0 Å². The topological polar surface area (TPSA) is 36.4 Å². The Hall–Kier alpha value is -0.930. The lowest BCUT2D eigenvalue weighted by molar-refractivity contribution is -0.0424. The summed E-state index contributed by atoms with van der Waals surface area (Å²) in [6, 6.07) is 4.00. The van der Waals surface area contributed by atoms with Gasteiger partial charge in [0.05, 0.1) is 6.10 Å². The van der Waals surface area contributed by atoms with Crippen LogP contribution in [0.1, 0.15) is 38.2 Å². The highest BCUT2D eigenvalue weighted by Crippen LogP contribution is 2.39. The van der Waals surface area contributed by atoms with E-state index in [2.05, 4.69) is 30.9 Å². The number of pyridine rings is 1. The molecule has 19 heavy (non-hydrogen) atoms. The lowest BCUT2D eigenvalue weighted by atomic mass is 9.71.